The van der Waals surface area contributed by atoms with E-state index in [1.807, 2.05) is 6.07 Å². The Bertz CT molecular complexity index is 589. The Labute approximate surface area is 97.8 Å². The summed E-state index contributed by atoms with van der Waals surface area (Å²) in [6.45, 7) is 0. The van der Waals surface area contributed by atoms with Gasteiger partial charge in [0.15, 0.2) is 5.82 Å². The van der Waals surface area contributed by atoms with Crippen molar-refractivity contribution in [1.82, 2.24) is 9.97 Å². The lowest BCUT2D eigenvalue weighted by atomic mass is 10.2. The van der Waals surface area contributed by atoms with Crippen molar-refractivity contribution in [3.63, 3.8) is 0 Å². The first-order chi connectivity index (χ1) is 8.26. The average molecular weight is 228 g/mol. The van der Waals surface area contributed by atoms with Gasteiger partial charge in [-0.05, 0) is 12.1 Å². The number of aromatic nitrogens is 2. The lowest BCUT2D eigenvalue weighted by Gasteiger charge is -2.05. The summed E-state index contributed by atoms with van der Waals surface area (Å²) in [5, 5.41) is 11.6. The molecule has 1 aromatic carbocycles. The van der Waals surface area contributed by atoms with E-state index < -0.39 is 0 Å². The van der Waals surface area contributed by atoms with E-state index in [2.05, 4.69) is 15.3 Å². The second kappa shape index (κ2) is 4.58. The van der Waals surface area contributed by atoms with Gasteiger partial charge in [0, 0.05) is 7.05 Å². The van der Waals surface area contributed by atoms with Crippen LogP contribution in [-0.2, 0) is 0 Å². The number of nitriles is 1. The van der Waals surface area contributed by atoms with Crippen LogP contribution in [0.15, 0.2) is 30.5 Å². The molecule has 1 N–H and O–H groups in total. The molecule has 0 unspecified atom stereocenters. The lowest BCUT2D eigenvalue weighted by molar-refractivity contribution is 0.630. The molecule has 0 bridgehead atoms. The topological polar surface area (TPSA) is 61.6 Å². The summed E-state index contributed by atoms with van der Waals surface area (Å²) in [7, 11) is 1.65. The van der Waals surface area contributed by atoms with E-state index in [4.69, 9.17) is 5.26 Å². The van der Waals surface area contributed by atoms with Gasteiger partial charge in [0.1, 0.15) is 23.3 Å². The highest BCUT2D eigenvalue weighted by molar-refractivity contribution is 5.60. The summed E-state index contributed by atoms with van der Waals surface area (Å²) in [4.78, 5) is 8.08. The minimum atomic E-state index is -0.390. The van der Waals surface area contributed by atoms with Crippen molar-refractivity contribution in [2.75, 3.05) is 12.4 Å². The molecule has 0 aliphatic carbocycles. The molecule has 1 heterocycles. The fourth-order valence-electron chi connectivity index (χ4n) is 1.43. The second-order valence-corrected chi connectivity index (χ2v) is 3.30. The van der Waals surface area contributed by atoms with Crippen LogP contribution in [-0.4, -0.2) is 17.0 Å². The summed E-state index contributed by atoms with van der Waals surface area (Å²) in [6, 6.07) is 8.20. The third-order valence-electron chi connectivity index (χ3n) is 2.26. The maximum absolute atomic E-state index is 13.5. The third kappa shape index (κ3) is 2.06. The Morgan fingerprint density at radius 3 is 2.76 bits per heavy atom. The van der Waals surface area contributed by atoms with Crippen LogP contribution in [0.3, 0.4) is 0 Å². The molecular formula is C12H9FN4. The summed E-state index contributed by atoms with van der Waals surface area (Å²) >= 11 is 0. The van der Waals surface area contributed by atoms with Crippen molar-refractivity contribution in [2.45, 2.75) is 0 Å². The van der Waals surface area contributed by atoms with E-state index in [1.54, 1.807) is 25.2 Å². The van der Waals surface area contributed by atoms with Gasteiger partial charge >= 0.3 is 0 Å². The number of hydrogen-bond acceptors (Lipinski definition) is 4. The van der Waals surface area contributed by atoms with Crippen LogP contribution in [0.4, 0.5) is 10.2 Å². The third-order valence-corrected chi connectivity index (χ3v) is 2.26. The zero-order chi connectivity index (χ0) is 12.3. The van der Waals surface area contributed by atoms with Gasteiger partial charge in [-0.25, -0.2) is 14.4 Å². The molecule has 0 spiro atoms. The molecule has 0 amide bonds. The number of nitrogens with one attached hydrogen (secondary N) is 1. The van der Waals surface area contributed by atoms with Gasteiger partial charge in [-0.15, -0.1) is 0 Å². The highest BCUT2D eigenvalue weighted by Gasteiger charge is 2.10. The van der Waals surface area contributed by atoms with Gasteiger partial charge in [-0.3, -0.25) is 0 Å². The minimum absolute atomic E-state index is 0.256. The maximum Gasteiger partial charge on any atom is 0.164 e. The molecule has 2 rings (SSSR count). The van der Waals surface area contributed by atoms with Gasteiger partial charge in [-0.1, -0.05) is 12.1 Å². The first-order valence-electron chi connectivity index (χ1n) is 4.96. The molecular weight excluding hydrogens is 219 g/mol. The molecule has 0 saturated heterocycles. The number of halogens is 1. The number of hydrogen-bond donors (Lipinski definition) is 1. The Kier molecular flexibility index (Phi) is 2.97. The van der Waals surface area contributed by atoms with E-state index in [-0.39, 0.29) is 11.6 Å². The summed E-state index contributed by atoms with van der Waals surface area (Å²) in [6.07, 6.45) is 1.38. The summed E-state index contributed by atoms with van der Waals surface area (Å²) in [5.41, 5.74) is 0.640. The maximum atomic E-state index is 13.5. The monoisotopic (exact) mass is 228 g/mol. The van der Waals surface area contributed by atoms with Crippen molar-refractivity contribution in [3.8, 4) is 17.5 Å². The molecule has 0 saturated carbocycles. The Morgan fingerprint density at radius 2 is 2.12 bits per heavy atom. The molecule has 84 valence electrons. The summed E-state index contributed by atoms with van der Waals surface area (Å²) < 4.78 is 13.5. The van der Waals surface area contributed by atoms with E-state index in [9.17, 15) is 4.39 Å². The molecule has 0 radical (unpaired) electrons. The van der Waals surface area contributed by atoms with Crippen molar-refractivity contribution >= 4 is 5.82 Å². The van der Waals surface area contributed by atoms with Crippen molar-refractivity contribution in [2.24, 2.45) is 0 Å². The van der Waals surface area contributed by atoms with Gasteiger partial charge in [-0.2, -0.15) is 5.26 Å². The minimum Gasteiger partial charge on any atom is -0.372 e. The van der Waals surface area contributed by atoms with E-state index in [0.29, 0.717) is 16.9 Å². The van der Waals surface area contributed by atoms with Gasteiger partial charge in [0.05, 0.1) is 11.8 Å². The van der Waals surface area contributed by atoms with Crippen LogP contribution in [0.2, 0.25) is 0 Å². The molecule has 1 aromatic heterocycles. The predicted octanol–water partition coefficient (Wildman–Crippen LogP) is 2.20. The molecule has 0 aliphatic heterocycles. The van der Waals surface area contributed by atoms with Crippen LogP contribution in [0.1, 0.15) is 5.56 Å². The van der Waals surface area contributed by atoms with Gasteiger partial charge < -0.3 is 5.32 Å². The van der Waals surface area contributed by atoms with E-state index >= 15 is 0 Å². The van der Waals surface area contributed by atoms with Crippen LogP contribution < -0.4 is 5.32 Å². The highest BCUT2D eigenvalue weighted by atomic mass is 19.1. The van der Waals surface area contributed by atoms with Gasteiger partial charge in [0.25, 0.3) is 0 Å². The lowest BCUT2D eigenvalue weighted by Crippen LogP contribution is -2.00. The van der Waals surface area contributed by atoms with Crippen LogP contribution in [0, 0.1) is 17.1 Å². The zero-order valence-electron chi connectivity index (χ0n) is 9.11. The molecule has 4 nitrogen and oxygen atoms in total. The standard InChI is InChI=1S/C12H9FN4/c1-15-11-8(6-14)7-16-12(17-11)9-4-2-3-5-10(9)13/h2-5,7H,1H3,(H,15,16,17). The van der Waals surface area contributed by atoms with Crippen LogP contribution in [0.25, 0.3) is 11.4 Å². The zero-order valence-corrected chi connectivity index (χ0v) is 9.11. The first-order valence-corrected chi connectivity index (χ1v) is 4.96. The molecule has 2 aromatic rings. The van der Waals surface area contributed by atoms with E-state index in [0.717, 1.165) is 0 Å². The predicted molar refractivity (Wildman–Crippen MR) is 61.7 cm³/mol. The van der Waals surface area contributed by atoms with E-state index in [1.165, 1.54) is 12.3 Å². The fourth-order valence-corrected chi connectivity index (χ4v) is 1.43. The largest absolute Gasteiger partial charge is 0.372 e. The number of nitrogens with zero attached hydrogens (tertiary/aromatic N) is 3. The Morgan fingerprint density at radius 1 is 1.35 bits per heavy atom. The SMILES string of the molecule is CNc1nc(-c2ccccc2F)ncc1C#N. The second-order valence-electron chi connectivity index (χ2n) is 3.30. The Hall–Kier alpha value is -2.48. The molecule has 17 heavy (non-hydrogen) atoms. The van der Waals surface area contributed by atoms with Crippen molar-refractivity contribution < 1.29 is 4.39 Å². The van der Waals surface area contributed by atoms with Crippen molar-refractivity contribution in [3.05, 3.63) is 41.8 Å². The average Bonchev–Trinajstić information content (AvgIpc) is 2.38. The number of anilines is 1. The number of rotatable bonds is 2. The Balaban J connectivity index is 2.55. The van der Waals surface area contributed by atoms with Crippen LogP contribution in [0.5, 0.6) is 0 Å². The normalized spacial score (nSPS) is 9.71. The fraction of sp³-hybridized carbons (Fsp3) is 0.0833. The smallest absolute Gasteiger partial charge is 0.164 e. The highest BCUT2D eigenvalue weighted by Crippen LogP contribution is 2.21. The van der Waals surface area contributed by atoms with Gasteiger partial charge in [0.2, 0.25) is 0 Å². The molecule has 5 heteroatoms. The molecule has 0 fully saturated rings. The first kappa shape index (κ1) is 11.0. The quantitative estimate of drug-likeness (QED) is 0.855. The van der Waals surface area contributed by atoms with Crippen molar-refractivity contribution in [1.29, 1.82) is 5.26 Å². The summed E-state index contributed by atoms with van der Waals surface area (Å²) in [5.74, 6) is 0.256. The molecule has 0 aliphatic rings. The van der Waals surface area contributed by atoms with Crippen LogP contribution >= 0.6 is 0 Å². The molecule has 0 atom stereocenters. The number of benzene rings is 1.